The van der Waals surface area contributed by atoms with Crippen molar-refractivity contribution in [1.82, 2.24) is 0 Å². The number of carboxylic acids is 1. The lowest BCUT2D eigenvalue weighted by molar-refractivity contribution is -0.305. The van der Waals surface area contributed by atoms with Crippen LogP contribution in [0.25, 0.3) is 0 Å². The number of aliphatic hydroxyl groups is 4. The standard InChI is InChI=1S/C45H74O10/c1-3-5-7-9-11-13-15-17-19-21-23-25-27-29-31-33-40(47)54-38(36-53-45-43(50)42(49)41(48)39(35-46)55-45)34-37(44(51)52)32-30-28-26-24-22-20-18-16-14-12-10-8-6-4-2/h5-8,11-14,17-20,37-39,41-43,45-46,48-50H,3-4,9-10,15-16,21-36H2,1-2H3,(H,51,52)/t37?,38?,39-,41+,42+,43-,45-/m1/s1. The van der Waals surface area contributed by atoms with E-state index in [1.807, 2.05) is 0 Å². The highest BCUT2D eigenvalue weighted by molar-refractivity contribution is 5.71. The second-order valence-corrected chi connectivity index (χ2v) is 14.3. The molecule has 0 amide bonds. The van der Waals surface area contributed by atoms with Gasteiger partial charge in [-0.15, -0.1) is 0 Å². The molecule has 5 N–H and O–H groups in total. The molecule has 0 aromatic carbocycles. The van der Waals surface area contributed by atoms with Crippen LogP contribution in [0.1, 0.15) is 142 Å². The number of carbonyl (C=O) groups excluding carboxylic acids is 1. The normalized spacial score (nSPS) is 22.0. The van der Waals surface area contributed by atoms with Crippen LogP contribution < -0.4 is 0 Å². The molecule has 10 nitrogen and oxygen atoms in total. The van der Waals surface area contributed by atoms with E-state index in [0.29, 0.717) is 19.3 Å². The molecule has 1 fully saturated rings. The SMILES string of the molecule is CCC=CCC=CCC=CCCCCCCCC(=O)OC(CO[C@@H]1O[C@H](CO)[C@H](O)[C@H](O)[C@H]1O)CC(CCCCCCC=CCC=CCC=CCC)C(=O)O. The molecule has 7 atom stereocenters. The Morgan fingerprint density at radius 1 is 0.636 bits per heavy atom. The second-order valence-electron chi connectivity index (χ2n) is 14.3. The fraction of sp³-hybridized carbons (Fsp3) is 0.689. The molecule has 2 unspecified atom stereocenters. The molecule has 1 heterocycles. The van der Waals surface area contributed by atoms with E-state index in [-0.39, 0.29) is 19.4 Å². The van der Waals surface area contributed by atoms with Crippen LogP contribution in [0, 0.1) is 5.92 Å². The van der Waals surface area contributed by atoms with Crippen molar-refractivity contribution in [2.45, 2.75) is 179 Å². The van der Waals surface area contributed by atoms with Crippen molar-refractivity contribution in [3.8, 4) is 0 Å². The third kappa shape index (κ3) is 25.8. The fourth-order valence-corrected chi connectivity index (χ4v) is 6.18. The molecule has 0 aromatic heterocycles. The molecule has 0 aromatic rings. The zero-order chi connectivity index (χ0) is 40.4. The molecular weight excluding hydrogens is 700 g/mol. The smallest absolute Gasteiger partial charge is 0.306 e. The van der Waals surface area contributed by atoms with Crippen molar-refractivity contribution in [2.24, 2.45) is 5.92 Å². The largest absolute Gasteiger partial charge is 0.481 e. The summed E-state index contributed by atoms with van der Waals surface area (Å²) in [5.41, 5.74) is 0. The quantitative estimate of drug-likeness (QED) is 0.0248. The molecule has 10 heteroatoms. The molecular formula is C45H74O10. The Morgan fingerprint density at radius 3 is 1.65 bits per heavy atom. The van der Waals surface area contributed by atoms with Crippen LogP contribution in [0.15, 0.2) is 72.9 Å². The first-order valence-electron chi connectivity index (χ1n) is 21.0. The Labute approximate surface area is 331 Å². The zero-order valence-corrected chi connectivity index (χ0v) is 33.8. The summed E-state index contributed by atoms with van der Waals surface area (Å²) >= 11 is 0. The van der Waals surface area contributed by atoms with Crippen LogP contribution in [0.2, 0.25) is 0 Å². The molecule has 1 aliphatic heterocycles. The summed E-state index contributed by atoms with van der Waals surface area (Å²) in [6, 6.07) is 0. The van der Waals surface area contributed by atoms with E-state index < -0.39 is 61.3 Å². The molecule has 1 saturated heterocycles. The van der Waals surface area contributed by atoms with E-state index in [1.54, 1.807) is 0 Å². The second kappa shape index (κ2) is 34.4. The van der Waals surface area contributed by atoms with Gasteiger partial charge >= 0.3 is 11.9 Å². The van der Waals surface area contributed by atoms with Crippen molar-refractivity contribution in [3.63, 3.8) is 0 Å². The van der Waals surface area contributed by atoms with Gasteiger partial charge in [0.05, 0.1) is 19.1 Å². The van der Waals surface area contributed by atoms with E-state index >= 15 is 0 Å². The number of ether oxygens (including phenoxy) is 3. The van der Waals surface area contributed by atoms with Crippen molar-refractivity contribution in [2.75, 3.05) is 13.2 Å². The van der Waals surface area contributed by atoms with Crippen LogP contribution in [0.5, 0.6) is 0 Å². The summed E-state index contributed by atoms with van der Waals surface area (Å²) in [6.45, 7) is 3.36. The minimum Gasteiger partial charge on any atom is -0.481 e. The number of carboxylic acid groups (broad SMARTS) is 1. The van der Waals surface area contributed by atoms with Crippen LogP contribution in [-0.4, -0.2) is 87.5 Å². The predicted octanol–water partition coefficient (Wildman–Crippen LogP) is 8.59. The van der Waals surface area contributed by atoms with Gasteiger partial charge in [0.2, 0.25) is 0 Å². The zero-order valence-electron chi connectivity index (χ0n) is 33.8. The maximum atomic E-state index is 12.9. The lowest BCUT2D eigenvalue weighted by Crippen LogP contribution is -2.59. The van der Waals surface area contributed by atoms with E-state index in [1.165, 1.54) is 0 Å². The minimum atomic E-state index is -1.62. The summed E-state index contributed by atoms with van der Waals surface area (Å²) in [5, 5.41) is 50.3. The highest BCUT2D eigenvalue weighted by Crippen LogP contribution is 2.24. The Balaban J connectivity index is 2.55. The van der Waals surface area contributed by atoms with Gasteiger partial charge in [-0.3, -0.25) is 9.59 Å². The van der Waals surface area contributed by atoms with E-state index in [9.17, 15) is 35.1 Å². The van der Waals surface area contributed by atoms with Gasteiger partial charge in [0.1, 0.15) is 30.5 Å². The molecule has 0 radical (unpaired) electrons. The number of hydrogen-bond acceptors (Lipinski definition) is 9. The Hall–Kier alpha value is -2.86. The van der Waals surface area contributed by atoms with Gasteiger partial charge in [-0.2, -0.15) is 0 Å². The minimum absolute atomic E-state index is 0.0161. The van der Waals surface area contributed by atoms with Gasteiger partial charge in [0, 0.05) is 6.42 Å². The first-order valence-corrected chi connectivity index (χ1v) is 21.0. The number of carbonyl (C=O) groups is 2. The summed E-state index contributed by atoms with van der Waals surface area (Å²) in [5.74, 6) is -2.21. The summed E-state index contributed by atoms with van der Waals surface area (Å²) < 4.78 is 16.9. The third-order valence-electron chi connectivity index (χ3n) is 9.47. The Morgan fingerprint density at radius 2 is 1.13 bits per heavy atom. The molecule has 55 heavy (non-hydrogen) atoms. The number of hydrogen-bond donors (Lipinski definition) is 5. The van der Waals surface area contributed by atoms with Crippen molar-refractivity contribution in [1.29, 1.82) is 0 Å². The Kier molecular flexibility index (Phi) is 31.4. The number of allylic oxidation sites excluding steroid dienone is 12. The lowest BCUT2D eigenvalue weighted by Gasteiger charge is -2.40. The van der Waals surface area contributed by atoms with Crippen LogP contribution in [0.3, 0.4) is 0 Å². The van der Waals surface area contributed by atoms with Crippen LogP contribution >= 0.6 is 0 Å². The van der Waals surface area contributed by atoms with Gasteiger partial charge in [0.25, 0.3) is 0 Å². The monoisotopic (exact) mass is 775 g/mol. The van der Waals surface area contributed by atoms with E-state index in [2.05, 4.69) is 86.8 Å². The fourth-order valence-electron chi connectivity index (χ4n) is 6.18. The molecule has 1 rings (SSSR count). The Bertz CT molecular complexity index is 1140. The maximum Gasteiger partial charge on any atom is 0.306 e. The van der Waals surface area contributed by atoms with Crippen LogP contribution in [0.4, 0.5) is 0 Å². The first kappa shape index (κ1) is 50.2. The number of esters is 1. The van der Waals surface area contributed by atoms with Crippen molar-refractivity contribution >= 4 is 11.9 Å². The average Bonchev–Trinajstić information content (AvgIpc) is 3.17. The number of aliphatic hydroxyl groups excluding tert-OH is 4. The molecule has 314 valence electrons. The van der Waals surface area contributed by atoms with Gasteiger partial charge < -0.3 is 39.7 Å². The topological polar surface area (TPSA) is 163 Å². The maximum absolute atomic E-state index is 12.9. The van der Waals surface area contributed by atoms with Gasteiger partial charge in [-0.25, -0.2) is 0 Å². The van der Waals surface area contributed by atoms with E-state index in [4.69, 9.17) is 14.2 Å². The molecule has 0 saturated carbocycles. The molecule has 1 aliphatic rings. The molecule has 0 aliphatic carbocycles. The molecule has 0 spiro atoms. The number of rotatable bonds is 33. The highest BCUT2D eigenvalue weighted by Gasteiger charge is 2.44. The summed E-state index contributed by atoms with van der Waals surface area (Å²) in [4.78, 5) is 25.2. The third-order valence-corrected chi connectivity index (χ3v) is 9.47. The number of unbranched alkanes of at least 4 members (excludes halogenated alkanes) is 9. The van der Waals surface area contributed by atoms with E-state index in [0.717, 1.165) is 96.3 Å². The molecule has 0 bridgehead atoms. The summed E-state index contributed by atoms with van der Waals surface area (Å²) in [7, 11) is 0. The highest BCUT2D eigenvalue weighted by atomic mass is 16.7. The van der Waals surface area contributed by atoms with Crippen molar-refractivity contribution in [3.05, 3.63) is 72.9 Å². The first-order chi connectivity index (χ1) is 26.7. The van der Waals surface area contributed by atoms with Gasteiger partial charge in [-0.05, 0) is 83.5 Å². The van der Waals surface area contributed by atoms with Gasteiger partial charge in [-0.1, -0.05) is 125 Å². The van der Waals surface area contributed by atoms with Crippen LogP contribution in [-0.2, 0) is 23.8 Å². The van der Waals surface area contributed by atoms with Crippen molar-refractivity contribution < 1.29 is 49.3 Å². The predicted molar refractivity (Wildman–Crippen MR) is 219 cm³/mol. The number of aliphatic carboxylic acids is 1. The van der Waals surface area contributed by atoms with Gasteiger partial charge in [0.15, 0.2) is 6.29 Å². The average molecular weight is 775 g/mol. The lowest BCUT2D eigenvalue weighted by atomic mass is 9.94. The summed E-state index contributed by atoms with van der Waals surface area (Å²) in [6.07, 6.45) is 34.7.